The minimum atomic E-state index is -3.00. The van der Waals surface area contributed by atoms with E-state index in [9.17, 15) is 0 Å². The third kappa shape index (κ3) is 2.28. The molecule has 2 nitrogen and oxygen atoms in total. The molecule has 126 valence electrons. The van der Waals surface area contributed by atoms with Gasteiger partial charge >= 0.3 is 0 Å². The zero-order valence-corrected chi connectivity index (χ0v) is 14.1. The van der Waals surface area contributed by atoms with Crippen LogP contribution in [0, 0.1) is 0 Å². The topological polar surface area (TPSA) is 25.2 Å². The first-order chi connectivity index (χ1) is 12.0. The van der Waals surface area contributed by atoms with E-state index in [1.165, 1.54) is 13.0 Å². The Hall–Kier alpha value is -2.62. The van der Waals surface area contributed by atoms with Gasteiger partial charge < -0.3 is 0 Å². The van der Waals surface area contributed by atoms with Gasteiger partial charge in [0.25, 0.3) is 5.92 Å². The van der Waals surface area contributed by atoms with Crippen molar-refractivity contribution in [2.45, 2.75) is 31.7 Å². The first kappa shape index (κ1) is 15.9. The number of rotatable bonds is 2. The van der Waals surface area contributed by atoms with Crippen molar-refractivity contribution in [2.75, 3.05) is 0 Å². The lowest BCUT2D eigenvalue weighted by atomic mass is 9.79. The fraction of sp³-hybridized carbons (Fsp3) is 0.238. The highest BCUT2D eigenvalue weighted by Gasteiger charge is 2.54. The Bertz CT molecular complexity index is 994. The summed E-state index contributed by atoms with van der Waals surface area (Å²) < 4.78 is 30.1. The second-order valence-corrected chi connectivity index (χ2v) is 6.62. The first-order valence-corrected chi connectivity index (χ1v) is 8.39. The molecule has 0 amide bonds. The van der Waals surface area contributed by atoms with Crippen molar-refractivity contribution in [3.05, 3.63) is 77.5 Å². The summed E-state index contributed by atoms with van der Waals surface area (Å²) in [6.45, 7) is 3.28. The standard InChI is InChI=1S/C21H18F2N2/c1-3-20(2)21(22,23)17-9-5-4-8-16(17)19(25-20)15-11-10-14-7-6-12-24-18(14)13-15/h4-13H,3H2,1-2H3. The lowest BCUT2D eigenvalue weighted by molar-refractivity contribution is -0.0769. The molecule has 0 N–H and O–H groups in total. The second-order valence-electron chi connectivity index (χ2n) is 6.62. The van der Waals surface area contributed by atoms with Crippen molar-refractivity contribution in [3.8, 4) is 0 Å². The molecule has 1 aliphatic heterocycles. The van der Waals surface area contributed by atoms with E-state index in [0.29, 0.717) is 11.3 Å². The van der Waals surface area contributed by atoms with Crippen molar-refractivity contribution < 1.29 is 8.78 Å². The molecule has 25 heavy (non-hydrogen) atoms. The molecule has 3 aromatic rings. The minimum absolute atomic E-state index is 0.0467. The quantitative estimate of drug-likeness (QED) is 0.619. The van der Waals surface area contributed by atoms with Crippen LogP contribution in [0.3, 0.4) is 0 Å². The van der Waals surface area contributed by atoms with Crippen LogP contribution in [0.25, 0.3) is 10.9 Å². The number of halogens is 2. The summed E-state index contributed by atoms with van der Waals surface area (Å²) in [6.07, 6.45) is 1.98. The van der Waals surface area contributed by atoms with Crippen LogP contribution in [0.15, 0.2) is 65.8 Å². The van der Waals surface area contributed by atoms with Crippen LogP contribution in [-0.2, 0) is 5.92 Å². The predicted molar refractivity (Wildman–Crippen MR) is 96.4 cm³/mol. The lowest BCUT2D eigenvalue weighted by Crippen LogP contribution is -2.46. The fourth-order valence-electron chi connectivity index (χ4n) is 3.37. The van der Waals surface area contributed by atoms with Crippen LogP contribution in [0.1, 0.15) is 37.0 Å². The SMILES string of the molecule is CCC1(C)N=C(c2ccc3cccnc3c2)c2ccccc2C1(F)F. The van der Waals surface area contributed by atoms with Crippen LogP contribution in [0.2, 0.25) is 0 Å². The smallest absolute Gasteiger partial charge is 0.271 e. The molecular weight excluding hydrogens is 318 g/mol. The van der Waals surface area contributed by atoms with Crippen molar-refractivity contribution in [2.24, 2.45) is 4.99 Å². The number of aromatic nitrogens is 1. The van der Waals surface area contributed by atoms with Gasteiger partial charge in [0, 0.05) is 28.3 Å². The number of nitrogens with zero attached hydrogens (tertiary/aromatic N) is 2. The number of alkyl halides is 2. The summed E-state index contributed by atoms with van der Waals surface area (Å²) >= 11 is 0. The van der Waals surface area contributed by atoms with Gasteiger partial charge in [-0.2, -0.15) is 8.78 Å². The first-order valence-electron chi connectivity index (χ1n) is 8.39. The molecule has 2 heterocycles. The number of benzene rings is 2. The Morgan fingerprint density at radius 1 is 1.00 bits per heavy atom. The van der Waals surface area contributed by atoms with E-state index in [4.69, 9.17) is 0 Å². The molecule has 0 spiro atoms. The van der Waals surface area contributed by atoms with Crippen molar-refractivity contribution >= 4 is 16.6 Å². The molecule has 0 radical (unpaired) electrons. The molecule has 2 aromatic carbocycles. The van der Waals surface area contributed by atoms with Gasteiger partial charge in [-0.15, -0.1) is 0 Å². The van der Waals surface area contributed by atoms with Crippen molar-refractivity contribution in [1.82, 2.24) is 4.98 Å². The summed E-state index contributed by atoms with van der Waals surface area (Å²) in [4.78, 5) is 8.92. The average molecular weight is 336 g/mol. The molecule has 1 unspecified atom stereocenters. The monoisotopic (exact) mass is 336 g/mol. The Labute approximate surface area is 145 Å². The van der Waals surface area contributed by atoms with E-state index in [1.807, 2.05) is 30.3 Å². The Kier molecular flexibility index (Phi) is 3.46. The zero-order chi connectivity index (χ0) is 17.7. The molecule has 4 heteroatoms. The van der Waals surface area contributed by atoms with Gasteiger partial charge in [-0.25, -0.2) is 0 Å². The molecule has 1 atom stereocenters. The molecule has 0 fully saturated rings. The molecule has 0 bridgehead atoms. The van der Waals surface area contributed by atoms with Crippen LogP contribution in [0.4, 0.5) is 8.78 Å². The van der Waals surface area contributed by atoms with Crippen LogP contribution < -0.4 is 0 Å². The van der Waals surface area contributed by atoms with E-state index in [0.717, 1.165) is 16.5 Å². The van der Waals surface area contributed by atoms with Gasteiger partial charge in [-0.3, -0.25) is 9.98 Å². The summed E-state index contributed by atoms with van der Waals surface area (Å²) in [5, 5.41) is 1.01. The van der Waals surface area contributed by atoms with Gasteiger partial charge in [0.2, 0.25) is 0 Å². The molecule has 0 saturated carbocycles. The largest absolute Gasteiger partial charge is 0.298 e. The van der Waals surface area contributed by atoms with E-state index < -0.39 is 11.5 Å². The molecule has 0 saturated heterocycles. The number of hydrogen-bond acceptors (Lipinski definition) is 2. The highest BCUT2D eigenvalue weighted by atomic mass is 19.3. The highest BCUT2D eigenvalue weighted by Crippen LogP contribution is 2.48. The van der Waals surface area contributed by atoms with Crippen molar-refractivity contribution in [3.63, 3.8) is 0 Å². The molecule has 1 aromatic heterocycles. The maximum Gasteiger partial charge on any atom is 0.298 e. The zero-order valence-electron chi connectivity index (χ0n) is 14.1. The summed E-state index contributed by atoms with van der Waals surface area (Å²) in [5.41, 5.74) is 1.33. The van der Waals surface area contributed by atoms with Crippen LogP contribution in [-0.4, -0.2) is 16.2 Å². The molecule has 1 aliphatic rings. The Morgan fingerprint density at radius 2 is 1.80 bits per heavy atom. The summed E-state index contributed by atoms with van der Waals surface area (Å²) in [7, 11) is 0. The number of hydrogen-bond donors (Lipinski definition) is 0. The van der Waals surface area contributed by atoms with E-state index in [2.05, 4.69) is 9.98 Å². The molecule has 4 rings (SSSR count). The van der Waals surface area contributed by atoms with Gasteiger partial charge in [0.15, 0.2) is 0 Å². The van der Waals surface area contributed by atoms with Gasteiger partial charge in [-0.1, -0.05) is 49.4 Å². The Morgan fingerprint density at radius 3 is 2.60 bits per heavy atom. The van der Waals surface area contributed by atoms with E-state index >= 15 is 8.78 Å². The van der Waals surface area contributed by atoms with E-state index in [1.54, 1.807) is 31.3 Å². The highest BCUT2D eigenvalue weighted by molar-refractivity contribution is 6.15. The summed E-state index contributed by atoms with van der Waals surface area (Å²) in [5.74, 6) is -3.00. The van der Waals surface area contributed by atoms with Gasteiger partial charge in [0.05, 0.1) is 11.2 Å². The number of fused-ring (bicyclic) bond motifs is 2. The lowest BCUT2D eigenvalue weighted by Gasteiger charge is -2.39. The third-order valence-corrected chi connectivity index (χ3v) is 5.12. The van der Waals surface area contributed by atoms with Gasteiger partial charge in [-0.05, 0) is 25.5 Å². The normalized spacial score (nSPS) is 21.7. The predicted octanol–water partition coefficient (Wildman–Crippen LogP) is 5.35. The average Bonchev–Trinajstić information content (AvgIpc) is 2.64. The Balaban J connectivity index is 1.98. The van der Waals surface area contributed by atoms with Gasteiger partial charge in [0.1, 0.15) is 5.54 Å². The number of aliphatic imine (C=N–C) groups is 1. The van der Waals surface area contributed by atoms with Crippen molar-refractivity contribution in [1.29, 1.82) is 0 Å². The maximum atomic E-state index is 15.1. The van der Waals surface area contributed by atoms with Crippen LogP contribution in [0.5, 0.6) is 0 Å². The molecular formula is C21H18F2N2. The third-order valence-electron chi connectivity index (χ3n) is 5.12. The number of pyridine rings is 1. The van der Waals surface area contributed by atoms with E-state index in [-0.39, 0.29) is 12.0 Å². The second kappa shape index (κ2) is 5.45. The fourth-order valence-corrected chi connectivity index (χ4v) is 3.37. The van der Waals surface area contributed by atoms with Crippen LogP contribution >= 0.6 is 0 Å². The minimum Gasteiger partial charge on any atom is -0.271 e. The summed E-state index contributed by atoms with van der Waals surface area (Å²) in [6, 6.07) is 16.3. The maximum absolute atomic E-state index is 15.1. The molecule has 0 aliphatic carbocycles.